The maximum Gasteiger partial charge on any atom is 0.239 e. The fourth-order valence-corrected chi connectivity index (χ4v) is 7.11. The second kappa shape index (κ2) is 11.9. The van der Waals surface area contributed by atoms with Gasteiger partial charge >= 0.3 is 0 Å². The minimum atomic E-state index is 1.20. The van der Waals surface area contributed by atoms with Crippen molar-refractivity contribution in [3.05, 3.63) is 166 Å². The van der Waals surface area contributed by atoms with E-state index >= 15 is 0 Å². The topological polar surface area (TPSA) is 0 Å². The second-order valence-corrected chi connectivity index (χ2v) is 13.0. The summed E-state index contributed by atoms with van der Waals surface area (Å²) in [6, 6.07) is 40.1. The molecule has 0 radical (unpaired) electrons. The van der Waals surface area contributed by atoms with Crippen LogP contribution in [0.25, 0.3) is 36.8 Å². The molecule has 0 spiro atoms. The van der Waals surface area contributed by atoms with E-state index in [4.69, 9.17) is 0 Å². The summed E-state index contributed by atoms with van der Waals surface area (Å²) in [5, 5.41) is 0. The van der Waals surface area contributed by atoms with Crippen LogP contribution >= 0.6 is 23.1 Å². The van der Waals surface area contributed by atoms with Gasteiger partial charge in [-0.15, -0.1) is 0 Å². The zero-order valence-electron chi connectivity index (χ0n) is 23.9. The Balaban J connectivity index is 1.49. The van der Waals surface area contributed by atoms with Crippen LogP contribution in [0, 0.1) is 27.7 Å². The molecule has 0 amide bonds. The van der Waals surface area contributed by atoms with E-state index in [2.05, 4.69) is 155 Å². The highest BCUT2D eigenvalue weighted by Gasteiger charge is 2.19. The Kier molecular flexibility index (Phi) is 7.87. The molecular weight excluding hydrogens is 533 g/mol. The molecule has 4 aromatic carbocycles. The van der Waals surface area contributed by atoms with Gasteiger partial charge in [0, 0.05) is 33.1 Å². The SMILES string of the molecule is Cc1ccc(C2=CC(=Cc3cc(-c4ccc(C)cc4)[s+]c(-c4ccc(C)cc4)c3)C=C(c3ccc(C)cc3)S2)cc1. The van der Waals surface area contributed by atoms with Crippen molar-refractivity contribution >= 4 is 39.0 Å². The molecule has 1 aliphatic rings. The van der Waals surface area contributed by atoms with Crippen LogP contribution in [0.4, 0.5) is 0 Å². The summed E-state index contributed by atoms with van der Waals surface area (Å²) in [6.07, 6.45) is 7.01. The monoisotopic (exact) mass is 565 g/mol. The van der Waals surface area contributed by atoms with Crippen molar-refractivity contribution in [1.82, 2.24) is 0 Å². The van der Waals surface area contributed by atoms with Gasteiger partial charge in [-0.3, -0.25) is 0 Å². The fourth-order valence-electron chi connectivity index (χ4n) is 4.84. The standard InChI is InChI=1S/C39H33S2/c1-26-5-13-32(14-6-26)36-22-30(23-37(40-36)33-15-7-27(2)8-16-33)21-31-24-38(34-17-9-28(3)10-18-34)41-39(25-31)35-19-11-29(4)12-20-35/h5-25H,1-4H3/q+1. The number of rotatable bonds is 5. The van der Waals surface area contributed by atoms with Gasteiger partial charge < -0.3 is 0 Å². The van der Waals surface area contributed by atoms with E-state index < -0.39 is 0 Å². The van der Waals surface area contributed by atoms with Crippen molar-refractivity contribution in [2.45, 2.75) is 27.7 Å². The van der Waals surface area contributed by atoms with Gasteiger partial charge in [0.05, 0.1) is 0 Å². The summed E-state index contributed by atoms with van der Waals surface area (Å²) in [5.41, 5.74) is 12.5. The van der Waals surface area contributed by atoms with E-state index in [0.717, 1.165) is 0 Å². The molecule has 1 aliphatic heterocycles. The van der Waals surface area contributed by atoms with Crippen LogP contribution in [0.1, 0.15) is 38.9 Å². The summed E-state index contributed by atoms with van der Waals surface area (Å²) in [5.74, 6) is 0. The van der Waals surface area contributed by atoms with Crippen LogP contribution in [0.5, 0.6) is 0 Å². The minimum Gasteiger partial charge on any atom is -0.0888 e. The maximum absolute atomic E-state index is 2.34. The first kappa shape index (κ1) is 27.2. The zero-order chi connectivity index (χ0) is 28.3. The Bertz CT molecular complexity index is 1660. The molecule has 2 heteroatoms. The average molecular weight is 566 g/mol. The summed E-state index contributed by atoms with van der Waals surface area (Å²) in [4.78, 5) is 5.08. The molecule has 2 heterocycles. The Morgan fingerprint density at radius 3 is 1.17 bits per heavy atom. The van der Waals surface area contributed by atoms with Crippen molar-refractivity contribution < 1.29 is 0 Å². The largest absolute Gasteiger partial charge is 0.239 e. The normalized spacial score (nSPS) is 13.0. The highest BCUT2D eigenvalue weighted by molar-refractivity contribution is 8.16. The summed E-state index contributed by atoms with van der Waals surface area (Å²) < 4.78 is 0. The van der Waals surface area contributed by atoms with Crippen LogP contribution in [0.15, 0.2) is 127 Å². The Labute approximate surface area is 252 Å². The summed E-state index contributed by atoms with van der Waals surface area (Å²) >= 11 is 3.70. The summed E-state index contributed by atoms with van der Waals surface area (Å²) in [6.45, 7) is 8.57. The van der Waals surface area contributed by atoms with Crippen LogP contribution in [0.2, 0.25) is 0 Å². The Hall–Kier alpha value is -3.98. The second-order valence-electron chi connectivity index (χ2n) is 10.8. The molecule has 1 aromatic heterocycles. The summed E-state index contributed by atoms with van der Waals surface area (Å²) in [7, 11) is 0. The van der Waals surface area contributed by atoms with Gasteiger partial charge in [0.15, 0.2) is 0 Å². The number of aryl methyl sites for hydroxylation is 4. The maximum atomic E-state index is 2.34. The zero-order valence-corrected chi connectivity index (χ0v) is 25.6. The molecule has 6 rings (SSSR count). The van der Waals surface area contributed by atoms with Crippen LogP contribution in [-0.4, -0.2) is 0 Å². The third kappa shape index (κ3) is 6.51. The molecule has 0 atom stereocenters. The first-order valence-electron chi connectivity index (χ1n) is 14.0. The molecule has 0 nitrogen and oxygen atoms in total. The molecule has 0 fully saturated rings. The van der Waals surface area contributed by atoms with Crippen molar-refractivity contribution in [3.63, 3.8) is 0 Å². The van der Waals surface area contributed by atoms with E-state index in [1.54, 1.807) is 0 Å². The lowest BCUT2D eigenvalue weighted by atomic mass is 10.0. The minimum absolute atomic E-state index is 1.20. The van der Waals surface area contributed by atoms with E-state index in [1.807, 2.05) is 23.1 Å². The van der Waals surface area contributed by atoms with Gasteiger partial charge in [0.25, 0.3) is 0 Å². The third-order valence-electron chi connectivity index (χ3n) is 7.31. The van der Waals surface area contributed by atoms with Crippen molar-refractivity contribution in [2.24, 2.45) is 0 Å². The number of allylic oxidation sites excluding steroid dienone is 3. The molecule has 0 saturated carbocycles. The first-order valence-corrected chi connectivity index (χ1v) is 15.6. The van der Waals surface area contributed by atoms with Crippen molar-refractivity contribution in [2.75, 3.05) is 0 Å². The predicted octanol–water partition coefficient (Wildman–Crippen LogP) is 11.8. The van der Waals surface area contributed by atoms with Gasteiger partial charge in [0.1, 0.15) is 0 Å². The Morgan fingerprint density at radius 1 is 0.463 bits per heavy atom. The van der Waals surface area contributed by atoms with Gasteiger partial charge in [-0.05, 0) is 92.5 Å². The first-order chi connectivity index (χ1) is 19.9. The lowest BCUT2D eigenvalue weighted by molar-refractivity contribution is 1.46. The van der Waals surface area contributed by atoms with Crippen LogP contribution < -0.4 is 0 Å². The fraction of sp³-hybridized carbons (Fsp3) is 0.103. The smallest absolute Gasteiger partial charge is 0.0888 e. The van der Waals surface area contributed by atoms with E-state index in [0.29, 0.717) is 0 Å². The van der Waals surface area contributed by atoms with E-state index in [9.17, 15) is 0 Å². The quantitative estimate of drug-likeness (QED) is 0.191. The molecule has 0 bridgehead atoms. The lowest BCUT2D eigenvalue weighted by Gasteiger charge is -2.17. The van der Waals surface area contributed by atoms with Gasteiger partial charge in [-0.1, -0.05) is 107 Å². The number of benzene rings is 4. The average Bonchev–Trinajstić information content (AvgIpc) is 2.98. The van der Waals surface area contributed by atoms with E-state index in [-0.39, 0.29) is 0 Å². The van der Waals surface area contributed by atoms with Gasteiger partial charge in [-0.2, -0.15) is 0 Å². The van der Waals surface area contributed by atoms with Crippen LogP contribution in [0.3, 0.4) is 0 Å². The number of hydrogen-bond acceptors (Lipinski definition) is 1. The highest BCUT2D eigenvalue weighted by Crippen LogP contribution is 2.45. The predicted molar refractivity (Wildman–Crippen MR) is 183 cm³/mol. The molecule has 0 N–H and O–H groups in total. The molecule has 0 unspecified atom stereocenters. The lowest BCUT2D eigenvalue weighted by Crippen LogP contribution is -1.92. The molecule has 0 aliphatic carbocycles. The molecule has 200 valence electrons. The third-order valence-corrected chi connectivity index (χ3v) is 9.60. The highest BCUT2D eigenvalue weighted by atomic mass is 32.2. The number of hydrogen-bond donors (Lipinski definition) is 0. The van der Waals surface area contributed by atoms with Gasteiger partial charge in [-0.25, -0.2) is 0 Å². The molecule has 41 heavy (non-hydrogen) atoms. The van der Waals surface area contributed by atoms with Crippen LogP contribution in [-0.2, 0) is 0 Å². The van der Waals surface area contributed by atoms with Gasteiger partial charge in [0.2, 0.25) is 21.1 Å². The van der Waals surface area contributed by atoms with Crippen molar-refractivity contribution in [1.29, 1.82) is 0 Å². The molecule has 5 aromatic rings. The van der Waals surface area contributed by atoms with Crippen molar-refractivity contribution in [3.8, 4) is 20.9 Å². The van der Waals surface area contributed by atoms with E-state index in [1.165, 1.54) is 75.2 Å². The Morgan fingerprint density at radius 2 is 0.805 bits per heavy atom. The molecular formula is C39H33S2+. The molecule has 0 saturated heterocycles. The number of thioether (sulfide) groups is 1.